The van der Waals surface area contributed by atoms with E-state index in [2.05, 4.69) is 15.6 Å². The number of rotatable bonds is 6. The van der Waals surface area contributed by atoms with Gasteiger partial charge in [0.1, 0.15) is 5.69 Å². The first-order chi connectivity index (χ1) is 11.5. The first-order valence-electron chi connectivity index (χ1n) is 8.04. The van der Waals surface area contributed by atoms with Crippen molar-refractivity contribution in [2.75, 3.05) is 6.54 Å². The lowest BCUT2D eigenvalue weighted by atomic mass is 10.1. The van der Waals surface area contributed by atoms with E-state index < -0.39 is 0 Å². The molecule has 0 atom stereocenters. The van der Waals surface area contributed by atoms with Gasteiger partial charge in [0.25, 0.3) is 11.8 Å². The van der Waals surface area contributed by atoms with Crippen LogP contribution in [0.1, 0.15) is 45.8 Å². The highest BCUT2D eigenvalue weighted by Crippen LogP contribution is 2.08. The summed E-state index contributed by atoms with van der Waals surface area (Å²) < 4.78 is 0. The smallest absolute Gasteiger partial charge is 0.269 e. The van der Waals surface area contributed by atoms with Gasteiger partial charge in [-0.3, -0.25) is 14.6 Å². The van der Waals surface area contributed by atoms with E-state index in [0.717, 1.165) is 11.1 Å². The van der Waals surface area contributed by atoms with E-state index in [-0.39, 0.29) is 17.5 Å². The minimum Gasteiger partial charge on any atom is -0.350 e. The fourth-order valence-corrected chi connectivity index (χ4v) is 2.17. The van der Waals surface area contributed by atoms with Crippen LogP contribution < -0.4 is 10.6 Å². The van der Waals surface area contributed by atoms with E-state index >= 15 is 0 Å². The molecule has 2 amide bonds. The zero-order valence-corrected chi connectivity index (χ0v) is 14.3. The van der Waals surface area contributed by atoms with Crippen molar-refractivity contribution in [2.24, 2.45) is 5.92 Å². The highest BCUT2D eigenvalue weighted by molar-refractivity contribution is 5.98. The number of nitrogens with zero attached hydrogens (tertiary/aromatic N) is 1. The standard InChI is InChI=1S/C19H23N3O2/c1-13(2)11-21-19(24)17-10-15(8-9-20-17)18(23)22-12-16-7-5-4-6-14(16)3/h4-10,13H,11-12H2,1-3H3,(H,21,24)(H,22,23). The van der Waals surface area contributed by atoms with Gasteiger partial charge in [-0.15, -0.1) is 0 Å². The van der Waals surface area contributed by atoms with Crippen LogP contribution in [-0.4, -0.2) is 23.3 Å². The molecular formula is C19H23N3O2. The summed E-state index contributed by atoms with van der Waals surface area (Å²) in [7, 11) is 0. The predicted octanol–water partition coefficient (Wildman–Crippen LogP) is 2.71. The zero-order chi connectivity index (χ0) is 17.5. The number of hydrogen-bond acceptors (Lipinski definition) is 3. The number of nitrogens with one attached hydrogen (secondary N) is 2. The molecule has 1 aromatic carbocycles. The van der Waals surface area contributed by atoms with Crippen LogP contribution in [0.25, 0.3) is 0 Å². The molecule has 0 fully saturated rings. The maximum atomic E-state index is 12.3. The molecule has 24 heavy (non-hydrogen) atoms. The molecule has 2 aromatic rings. The Bertz CT molecular complexity index is 726. The highest BCUT2D eigenvalue weighted by Gasteiger charge is 2.12. The lowest BCUT2D eigenvalue weighted by Gasteiger charge is -2.09. The van der Waals surface area contributed by atoms with Crippen molar-refractivity contribution in [1.29, 1.82) is 0 Å². The van der Waals surface area contributed by atoms with Crippen molar-refractivity contribution in [3.8, 4) is 0 Å². The van der Waals surface area contributed by atoms with Crippen LogP contribution in [-0.2, 0) is 6.54 Å². The van der Waals surface area contributed by atoms with Gasteiger partial charge in [-0.05, 0) is 36.1 Å². The minimum atomic E-state index is -0.266. The molecule has 0 spiro atoms. The SMILES string of the molecule is Cc1ccccc1CNC(=O)c1ccnc(C(=O)NCC(C)C)c1. The van der Waals surface area contributed by atoms with Gasteiger partial charge in [0.15, 0.2) is 0 Å². The Morgan fingerprint density at radius 3 is 2.54 bits per heavy atom. The number of carbonyl (C=O) groups excluding carboxylic acids is 2. The van der Waals surface area contributed by atoms with Crippen molar-refractivity contribution in [1.82, 2.24) is 15.6 Å². The average Bonchev–Trinajstić information content (AvgIpc) is 2.58. The molecular weight excluding hydrogens is 302 g/mol. The molecule has 0 unspecified atom stereocenters. The van der Waals surface area contributed by atoms with E-state index in [0.29, 0.717) is 24.6 Å². The predicted molar refractivity (Wildman–Crippen MR) is 93.8 cm³/mol. The molecule has 5 nitrogen and oxygen atoms in total. The van der Waals surface area contributed by atoms with Gasteiger partial charge >= 0.3 is 0 Å². The monoisotopic (exact) mass is 325 g/mol. The van der Waals surface area contributed by atoms with Crippen molar-refractivity contribution >= 4 is 11.8 Å². The molecule has 0 saturated carbocycles. The maximum absolute atomic E-state index is 12.3. The fourth-order valence-electron chi connectivity index (χ4n) is 2.17. The van der Waals surface area contributed by atoms with Crippen LogP contribution >= 0.6 is 0 Å². The summed E-state index contributed by atoms with van der Waals surface area (Å²) in [6.45, 7) is 7.06. The first kappa shape index (κ1) is 17.7. The van der Waals surface area contributed by atoms with Crippen LogP contribution in [0.2, 0.25) is 0 Å². The third-order valence-electron chi connectivity index (χ3n) is 3.63. The van der Waals surface area contributed by atoms with Crippen LogP contribution in [0.3, 0.4) is 0 Å². The van der Waals surface area contributed by atoms with Gasteiger partial charge in [-0.2, -0.15) is 0 Å². The molecule has 0 aliphatic heterocycles. The third-order valence-corrected chi connectivity index (χ3v) is 3.63. The summed E-state index contributed by atoms with van der Waals surface area (Å²) in [5.74, 6) is -0.134. The molecule has 0 aliphatic rings. The molecule has 2 N–H and O–H groups in total. The summed E-state index contributed by atoms with van der Waals surface area (Å²) in [6.07, 6.45) is 1.48. The van der Waals surface area contributed by atoms with Crippen LogP contribution in [0.15, 0.2) is 42.6 Å². The zero-order valence-electron chi connectivity index (χ0n) is 14.3. The molecule has 0 aliphatic carbocycles. The number of pyridine rings is 1. The topological polar surface area (TPSA) is 71.1 Å². The quantitative estimate of drug-likeness (QED) is 0.858. The van der Waals surface area contributed by atoms with Crippen molar-refractivity contribution in [2.45, 2.75) is 27.3 Å². The molecule has 2 rings (SSSR count). The minimum absolute atomic E-state index is 0.224. The average molecular weight is 325 g/mol. The molecule has 1 aromatic heterocycles. The molecule has 5 heteroatoms. The molecule has 0 saturated heterocycles. The molecule has 0 radical (unpaired) electrons. The van der Waals surface area contributed by atoms with E-state index in [9.17, 15) is 9.59 Å². The fraction of sp³-hybridized carbons (Fsp3) is 0.316. The van der Waals surface area contributed by atoms with E-state index in [1.807, 2.05) is 45.0 Å². The second-order valence-electron chi connectivity index (χ2n) is 6.14. The number of amides is 2. The van der Waals surface area contributed by atoms with E-state index in [1.165, 1.54) is 12.3 Å². The van der Waals surface area contributed by atoms with Crippen molar-refractivity contribution in [3.63, 3.8) is 0 Å². The summed E-state index contributed by atoms with van der Waals surface area (Å²) in [5, 5.41) is 5.67. The van der Waals surface area contributed by atoms with Gasteiger partial charge < -0.3 is 10.6 Å². The first-order valence-corrected chi connectivity index (χ1v) is 8.04. The normalized spacial score (nSPS) is 10.5. The van der Waals surface area contributed by atoms with Gasteiger partial charge in [0.2, 0.25) is 0 Å². The summed E-state index contributed by atoms with van der Waals surface area (Å²) in [6, 6.07) is 11.0. The Labute approximate surface area is 142 Å². The third kappa shape index (κ3) is 4.91. The van der Waals surface area contributed by atoms with Crippen molar-refractivity contribution in [3.05, 3.63) is 65.0 Å². The van der Waals surface area contributed by atoms with Crippen LogP contribution in [0.4, 0.5) is 0 Å². The summed E-state index contributed by atoms with van der Waals surface area (Å²) in [5.41, 5.74) is 2.86. The molecule has 126 valence electrons. The second kappa shape index (κ2) is 8.24. The summed E-state index contributed by atoms with van der Waals surface area (Å²) in [4.78, 5) is 28.4. The Hall–Kier alpha value is -2.69. The van der Waals surface area contributed by atoms with Gasteiger partial charge in [-0.25, -0.2) is 0 Å². The second-order valence-corrected chi connectivity index (χ2v) is 6.14. The Balaban J connectivity index is 2.01. The number of carbonyl (C=O) groups is 2. The van der Waals surface area contributed by atoms with Gasteiger partial charge in [0.05, 0.1) is 0 Å². The summed E-state index contributed by atoms with van der Waals surface area (Å²) >= 11 is 0. The number of benzene rings is 1. The number of aryl methyl sites for hydroxylation is 1. The van der Waals surface area contributed by atoms with Gasteiger partial charge in [0, 0.05) is 24.8 Å². The Morgan fingerprint density at radius 2 is 1.83 bits per heavy atom. The lowest BCUT2D eigenvalue weighted by Crippen LogP contribution is -2.29. The number of hydrogen-bond donors (Lipinski definition) is 2. The Morgan fingerprint density at radius 1 is 1.08 bits per heavy atom. The molecule has 0 bridgehead atoms. The van der Waals surface area contributed by atoms with Crippen molar-refractivity contribution < 1.29 is 9.59 Å². The lowest BCUT2D eigenvalue weighted by molar-refractivity contribution is 0.0944. The van der Waals surface area contributed by atoms with E-state index in [4.69, 9.17) is 0 Å². The van der Waals surface area contributed by atoms with Gasteiger partial charge in [-0.1, -0.05) is 38.1 Å². The largest absolute Gasteiger partial charge is 0.350 e. The van der Waals surface area contributed by atoms with Crippen LogP contribution in [0.5, 0.6) is 0 Å². The van der Waals surface area contributed by atoms with E-state index in [1.54, 1.807) is 6.07 Å². The number of aromatic nitrogens is 1. The Kier molecular flexibility index (Phi) is 6.07. The molecule has 1 heterocycles. The van der Waals surface area contributed by atoms with Crippen LogP contribution in [0, 0.1) is 12.8 Å². The maximum Gasteiger partial charge on any atom is 0.269 e. The highest BCUT2D eigenvalue weighted by atomic mass is 16.2.